The first-order valence-corrected chi connectivity index (χ1v) is 10.8. The lowest BCUT2D eigenvalue weighted by Crippen LogP contribution is -2.36. The normalized spacial score (nSPS) is 11.6. The number of H-pyrrole nitrogens is 1. The van der Waals surface area contributed by atoms with Gasteiger partial charge < -0.3 is 9.55 Å². The van der Waals surface area contributed by atoms with Gasteiger partial charge in [0.25, 0.3) is 5.56 Å². The monoisotopic (exact) mass is 476 g/mol. The molecule has 0 aliphatic rings. The Morgan fingerprint density at radius 2 is 1.71 bits per heavy atom. The first-order valence-electron chi connectivity index (χ1n) is 10.1. The maximum Gasteiger partial charge on any atom is 0.330 e. The minimum atomic E-state index is -0.325. The van der Waals surface area contributed by atoms with Crippen molar-refractivity contribution in [3.05, 3.63) is 91.8 Å². The van der Waals surface area contributed by atoms with Crippen LogP contribution in [0, 0.1) is 0 Å². The Hall–Kier alpha value is -3.32. The van der Waals surface area contributed by atoms with Gasteiger partial charge >= 0.3 is 5.69 Å². The highest BCUT2D eigenvalue weighted by Gasteiger charge is 2.19. The van der Waals surface area contributed by atoms with Gasteiger partial charge in [-0.3, -0.25) is 13.9 Å². The molecule has 0 aliphatic heterocycles. The van der Waals surface area contributed by atoms with E-state index >= 15 is 0 Å². The van der Waals surface area contributed by atoms with Crippen LogP contribution < -0.4 is 11.2 Å². The van der Waals surface area contributed by atoms with Gasteiger partial charge in [0.05, 0.1) is 16.6 Å². The van der Waals surface area contributed by atoms with Crippen molar-refractivity contribution in [3.8, 4) is 11.3 Å². The summed E-state index contributed by atoms with van der Waals surface area (Å²) in [5.41, 5.74) is 4.14. The highest BCUT2D eigenvalue weighted by molar-refractivity contribution is 9.10. The lowest BCUT2D eigenvalue weighted by Gasteiger charge is -2.10. The van der Waals surface area contributed by atoms with Gasteiger partial charge in [-0.2, -0.15) is 0 Å². The zero-order valence-electron chi connectivity index (χ0n) is 17.2. The number of benzene rings is 2. The van der Waals surface area contributed by atoms with Gasteiger partial charge in [0.2, 0.25) is 0 Å². The van der Waals surface area contributed by atoms with Crippen molar-refractivity contribution in [2.45, 2.75) is 13.0 Å². The molecular formula is C24H21BrN4O2. The van der Waals surface area contributed by atoms with E-state index in [2.05, 4.69) is 37.6 Å². The van der Waals surface area contributed by atoms with Crippen molar-refractivity contribution in [1.82, 2.24) is 18.7 Å². The summed E-state index contributed by atoms with van der Waals surface area (Å²) in [6, 6.07) is 16.1. The number of hydrogen-bond donors (Lipinski definition) is 1. The minimum Gasteiger partial charge on any atom is -0.361 e. The molecular weight excluding hydrogens is 456 g/mol. The van der Waals surface area contributed by atoms with Gasteiger partial charge in [0, 0.05) is 48.4 Å². The number of nitrogens with zero attached hydrogens (tertiary/aromatic N) is 3. The van der Waals surface area contributed by atoms with Crippen LogP contribution in [0.15, 0.2) is 75.0 Å². The Balaban J connectivity index is 1.69. The highest BCUT2D eigenvalue weighted by atomic mass is 79.9. The topological polar surface area (TPSA) is 64.7 Å². The van der Waals surface area contributed by atoms with E-state index in [0.717, 1.165) is 27.7 Å². The highest BCUT2D eigenvalue weighted by Crippen LogP contribution is 2.30. The third-order valence-corrected chi connectivity index (χ3v) is 6.46. The number of nitrogens with one attached hydrogen (secondary N) is 1. The molecule has 0 unspecified atom stereocenters. The number of rotatable bonds is 4. The Morgan fingerprint density at radius 1 is 0.968 bits per heavy atom. The number of aryl methyl sites for hydroxylation is 3. The maximum atomic E-state index is 13.1. The first kappa shape index (κ1) is 19.6. The van der Waals surface area contributed by atoms with E-state index in [4.69, 9.17) is 0 Å². The molecule has 2 aromatic carbocycles. The van der Waals surface area contributed by atoms with Crippen molar-refractivity contribution < 1.29 is 0 Å². The molecule has 156 valence electrons. The summed E-state index contributed by atoms with van der Waals surface area (Å²) >= 11 is 3.48. The number of halogens is 1. The van der Waals surface area contributed by atoms with Gasteiger partial charge in [0.1, 0.15) is 0 Å². The van der Waals surface area contributed by atoms with Gasteiger partial charge in [-0.05, 0) is 35.7 Å². The summed E-state index contributed by atoms with van der Waals surface area (Å²) in [7, 11) is 3.23. The molecule has 0 radical (unpaired) electrons. The maximum absolute atomic E-state index is 13.1. The molecule has 0 amide bonds. The average molecular weight is 477 g/mol. The third-order valence-electron chi connectivity index (χ3n) is 5.93. The molecule has 0 saturated heterocycles. The summed E-state index contributed by atoms with van der Waals surface area (Å²) in [4.78, 5) is 28.9. The Bertz CT molecular complexity index is 1550. The molecule has 0 saturated carbocycles. The van der Waals surface area contributed by atoms with Gasteiger partial charge in [0.15, 0.2) is 0 Å². The van der Waals surface area contributed by atoms with Crippen LogP contribution in [0.5, 0.6) is 0 Å². The van der Waals surface area contributed by atoms with Crippen LogP contribution in [0.4, 0.5) is 0 Å². The average Bonchev–Trinajstić information content (AvgIpc) is 3.37. The molecule has 7 heteroatoms. The summed E-state index contributed by atoms with van der Waals surface area (Å²) in [5.74, 6) is 0. The molecule has 3 aromatic heterocycles. The molecule has 1 N–H and O–H groups in total. The molecule has 0 aliphatic carbocycles. The molecule has 5 rings (SSSR count). The van der Waals surface area contributed by atoms with Crippen LogP contribution in [0.1, 0.15) is 5.56 Å². The largest absolute Gasteiger partial charge is 0.361 e. The number of hydrogen-bond acceptors (Lipinski definition) is 2. The van der Waals surface area contributed by atoms with Crippen LogP contribution in [-0.4, -0.2) is 18.7 Å². The second-order valence-electron chi connectivity index (χ2n) is 7.75. The number of para-hydroxylation sites is 1. The molecule has 0 spiro atoms. The fourth-order valence-electron chi connectivity index (χ4n) is 4.26. The molecule has 0 fully saturated rings. The predicted octanol–water partition coefficient (Wildman–Crippen LogP) is 4.19. The van der Waals surface area contributed by atoms with Crippen molar-refractivity contribution >= 4 is 37.7 Å². The summed E-state index contributed by atoms with van der Waals surface area (Å²) in [6.07, 6.45) is 4.76. The van der Waals surface area contributed by atoms with E-state index < -0.39 is 0 Å². The van der Waals surface area contributed by atoms with Gasteiger partial charge in [-0.1, -0.05) is 46.3 Å². The Labute approximate surface area is 186 Å². The van der Waals surface area contributed by atoms with E-state index in [1.54, 1.807) is 11.6 Å². The molecule has 3 heterocycles. The lowest BCUT2D eigenvalue weighted by atomic mass is 10.1. The van der Waals surface area contributed by atoms with Crippen LogP contribution in [-0.2, 0) is 27.1 Å². The van der Waals surface area contributed by atoms with E-state index in [1.807, 2.05) is 48.8 Å². The smallest absolute Gasteiger partial charge is 0.330 e. The first-order chi connectivity index (χ1) is 15.0. The number of aromatic amines is 1. The van der Waals surface area contributed by atoms with E-state index in [1.165, 1.54) is 22.6 Å². The number of aromatic nitrogens is 4. The second-order valence-corrected chi connectivity index (χ2v) is 8.67. The van der Waals surface area contributed by atoms with Crippen molar-refractivity contribution in [2.75, 3.05) is 0 Å². The van der Waals surface area contributed by atoms with E-state index in [9.17, 15) is 9.59 Å². The van der Waals surface area contributed by atoms with Crippen LogP contribution in [0.3, 0.4) is 0 Å². The van der Waals surface area contributed by atoms with Crippen molar-refractivity contribution in [1.29, 1.82) is 0 Å². The summed E-state index contributed by atoms with van der Waals surface area (Å²) < 4.78 is 5.78. The number of fused-ring (bicyclic) bond motifs is 2. The summed E-state index contributed by atoms with van der Waals surface area (Å²) in [5, 5.41) is 1.76. The predicted molar refractivity (Wildman–Crippen MR) is 128 cm³/mol. The van der Waals surface area contributed by atoms with Crippen molar-refractivity contribution in [3.63, 3.8) is 0 Å². The second kappa shape index (κ2) is 7.42. The molecule has 0 atom stereocenters. The molecule has 0 bridgehead atoms. The van der Waals surface area contributed by atoms with Crippen molar-refractivity contribution in [2.24, 2.45) is 14.1 Å². The fourth-order valence-corrected chi connectivity index (χ4v) is 4.53. The molecule has 6 nitrogen and oxygen atoms in total. The van der Waals surface area contributed by atoms with Crippen LogP contribution in [0.25, 0.3) is 33.1 Å². The quantitative estimate of drug-likeness (QED) is 0.422. The van der Waals surface area contributed by atoms with Gasteiger partial charge in [-0.15, -0.1) is 0 Å². The lowest BCUT2D eigenvalue weighted by molar-refractivity contribution is 0.705. The SMILES string of the molecule is Cn1c(=O)c2c(-c3ccc(Br)cc3)n(CCc3c[nH]c4ccccc34)cc2n(C)c1=O. The molecule has 31 heavy (non-hydrogen) atoms. The van der Waals surface area contributed by atoms with Crippen LogP contribution in [0.2, 0.25) is 0 Å². The van der Waals surface area contributed by atoms with E-state index in [0.29, 0.717) is 17.4 Å². The van der Waals surface area contributed by atoms with Crippen LogP contribution >= 0.6 is 15.9 Å². The minimum absolute atomic E-state index is 0.276. The zero-order valence-corrected chi connectivity index (χ0v) is 18.8. The summed E-state index contributed by atoms with van der Waals surface area (Å²) in [6.45, 7) is 0.680. The third kappa shape index (κ3) is 3.16. The van der Waals surface area contributed by atoms with Gasteiger partial charge in [-0.25, -0.2) is 4.79 Å². The zero-order chi connectivity index (χ0) is 21.7. The Morgan fingerprint density at radius 3 is 2.48 bits per heavy atom. The Kier molecular flexibility index (Phi) is 4.70. The van der Waals surface area contributed by atoms with E-state index in [-0.39, 0.29) is 11.2 Å². The standard InChI is InChI=1S/C24H21BrN4O2/c1-27-20-14-29(12-11-16-13-26-19-6-4-3-5-18(16)19)22(15-7-9-17(25)10-8-15)21(20)23(30)28(2)24(27)31/h3-10,13-14,26H,11-12H2,1-2H3. The molecule has 5 aromatic rings. The fraction of sp³-hybridized carbons (Fsp3) is 0.167.